The van der Waals surface area contributed by atoms with Crippen molar-refractivity contribution in [2.45, 2.75) is 149 Å². The largest absolute Gasteiger partial charge is 0.481 e. The fraction of sp³-hybridized carbons (Fsp3) is 0.742. The first-order chi connectivity index (χ1) is 17.0. The molecule has 0 atom stereocenters. The van der Waals surface area contributed by atoms with E-state index in [0.717, 1.165) is 44.9 Å². The lowest BCUT2D eigenvalue weighted by atomic mass is 10.1. The van der Waals surface area contributed by atoms with Crippen molar-refractivity contribution in [3.8, 4) is 0 Å². The van der Waals surface area contributed by atoms with Crippen LogP contribution in [-0.2, 0) is 9.59 Å². The lowest BCUT2D eigenvalue weighted by Crippen LogP contribution is -1.93. The van der Waals surface area contributed by atoms with Crippen LogP contribution in [0.25, 0.3) is 0 Å². The van der Waals surface area contributed by atoms with Gasteiger partial charge in [-0.3, -0.25) is 9.59 Å². The quantitative estimate of drug-likeness (QED) is 0.104. The molecule has 0 unspecified atom stereocenters. The van der Waals surface area contributed by atoms with Crippen LogP contribution in [0.4, 0.5) is 0 Å². The van der Waals surface area contributed by atoms with Crippen molar-refractivity contribution in [2.75, 3.05) is 0 Å². The van der Waals surface area contributed by atoms with Gasteiger partial charge in [-0.1, -0.05) is 121 Å². The van der Waals surface area contributed by atoms with Crippen LogP contribution in [0, 0.1) is 0 Å². The normalized spacial score (nSPS) is 11.4. The Labute approximate surface area is 217 Å². The highest BCUT2D eigenvalue weighted by molar-refractivity contribution is 5.66. The summed E-state index contributed by atoms with van der Waals surface area (Å²) in [4.78, 5) is 20.5. The smallest absolute Gasteiger partial charge is 0.303 e. The maximum atomic E-state index is 10.3. The van der Waals surface area contributed by atoms with E-state index >= 15 is 0 Å². The van der Waals surface area contributed by atoms with E-state index in [1.165, 1.54) is 77.0 Å². The maximum Gasteiger partial charge on any atom is 0.303 e. The van der Waals surface area contributed by atoms with Crippen molar-refractivity contribution in [1.82, 2.24) is 0 Å². The molecule has 0 fully saturated rings. The Kier molecular flexibility index (Phi) is 32.5. The Morgan fingerprint density at radius 2 is 0.771 bits per heavy atom. The number of hydrogen-bond donors (Lipinski definition) is 2. The van der Waals surface area contributed by atoms with Gasteiger partial charge in [-0.15, -0.1) is 0 Å². The molecule has 0 saturated carbocycles. The van der Waals surface area contributed by atoms with E-state index in [9.17, 15) is 9.59 Å². The molecule has 0 aliphatic rings. The minimum Gasteiger partial charge on any atom is -0.481 e. The lowest BCUT2D eigenvalue weighted by Gasteiger charge is -2.01. The summed E-state index contributed by atoms with van der Waals surface area (Å²) in [5.41, 5.74) is 0. The molecule has 0 aromatic heterocycles. The number of hydrogen-bond acceptors (Lipinski definition) is 2. The number of carboxylic acids is 2. The first-order valence-electron chi connectivity index (χ1n) is 14.4. The molecule has 0 aliphatic heterocycles. The van der Waals surface area contributed by atoms with Gasteiger partial charge in [-0.05, 0) is 51.4 Å². The Bertz CT molecular complexity index is 534. The summed E-state index contributed by atoms with van der Waals surface area (Å²) in [6.45, 7) is 4.47. The Morgan fingerprint density at radius 3 is 1.20 bits per heavy atom. The molecular formula is C31H56O4. The summed E-state index contributed by atoms with van der Waals surface area (Å²) in [7, 11) is 0. The van der Waals surface area contributed by atoms with Crippen LogP contribution >= 0.6 is 0 Å². The van der Waals surface area contributed by atoms with Crippen molar-refractivity contribution < 1.29 is 19.8 Å². The van der Waals surface area contributed by atoms with Gasteiger partial charge in [0.1, 0.15) is 0 Å². The van der Waals surface area contributed by atoms with E-state index in [1.807, 2.05) is 0 Å². The maximum absolute atomic E-state index is 10.3. The van der Waals surface area contributed by atoms with E-state index in [4.69, 9.17) is 10.2 Å². The highest BCUT2D eigenvalue weighted by Gasteiger charge is 1.96. The van der Waals surface area contributed by atoms with Gasteiger partial charge in [-0.2, -0.15) is 0 Å². The van der Waals surface area contributed by atoms with Gasteiger partial charge >= 0.3 is 11.9 Å². The molecule has 4 heteroatoms. The molecule has 0 amide bonds. The van der Waals surface area contributed by atoms with Gasteiger partial charge in [0.2, 0.25) is 0 Å². The molecule has 4 nitrogen and oxygen atoms in total. The zero-order chi connectivity index (χ0) is 26.2. The molecule has 0 spiro atoms. The predicted octanol–water partition coefficient (Wildman–Crippen LogP) is 10.0. The zero-order valence-corrected chi connectivity index (χ0v) is 23.0. The van der Waals surface area contributed by atoms with Crippen LogP contribution in [0.15, 0.2) is 36.5 Å². The Balaban J connectivity index is 0. The molecule has 0 aliphatic carbocycles. The summed E-state index contributed by atoms with van der Waals surface area (Å²) < 4.78 is 0. The molecule has 0 bridgehead atoms. The van der Waals surface area contributed by atoms with E-state index in [-0.39, 0.29) is 0 Å². The van der Waals surface area contributed by atoms with Gasteiger partial charge in [-0.25, -0.2) is 0 Å². The van der Waals surface area contributed by atoms with Crippen LogP contribution in [-0.4, -0.2) is 22.2 Å². The summed E-state index contributed by atoms with van der Waals surface area (Å²) >= 11 is 0. The van der Waals surface area contributed by atoms with Gasteiger partial charge in [0, 0.05) is 12.8 Å². The summed E-state index contributed by atoms with van der Waals surface area (Å²) in [6, 6.07) is 0. The number of aliphatic carboxylic acids is 2. The second-order valence-electron chi connectivity index (χ2n) is 9.35. The second kappa shape index (κ2) is 32.2. The standard InChI is InChI=1S/C18H30O2.C13H26O2/c1-2-3-4-5-6-7-8-9-10-11-12-13-14-15-16-17-18(19)20;1-2-3-4-5-6-7-8-9-10-11-12-13(14)15/h6-7,9-10,12-13H,2-5,8,11,14-17H2,1H3,(H,19,20);2-12H2,1H3,(H,14,15)/b7-6-,10-9-,13-12-;. The number of carbonyl (C=O) groups is 2. The molecule has 0 radical (unpaired) electrons. The van der Waals surface area contributed by atoms with Crippen molar-refractivity contribution in [2.24, 2.45) is 0 Å². The number of rotatable bonds is 24. The van der Waals surface area contributed by atoms with Crippen LogP contribution in [0.3, 0.4) is 0 Å². The molecule has 204 valence electrons. The fourth-order valence-corrected chi connectivity index (χ4v) is 3.59. The second-order valence-corrected chi connectivity index (χ2v) is 9.35. The van der Waals surface area contributed by atoms with Gasteiger partial charge in [0.25, 0.3) is 0 Å². The van der Waals surface area contributed by atoms with Crippen molar-refractivity contribution in [3.63, 3.8) is 0 Å². The van der Waals surface area contributed by atoms with E-state index in [2.05, 4.69) is 50.3 Å². The number of allylic oxidation sites excluding steroid dienone is 6. The first-order valence-corrected chi connectivity index (χ1v) is 14.4. The monoisotopic (exact) mass is 492 g/mol. The Hall–Kier alpha value is -1.84. The van der Waals surface area contributed by atoms with Crippen molar-refractivity contribution in [3.05, 3.63) is 36.5 Å². The van der Waals surface area contributed by atoms with Crippen LogP contribution < -0.4 is 0 Å². The van der Waals surface area contributed by atoms with Crippen LogP contribution in [0.1, 0.15) is 149 Å². The lowest BCUT2D eigenvalue weighted by molar-refractivity contribution is -0.138. The molecule has 0 saturated heterocycles. The summed E-state index contributed by atoms with van der Waals surface area (Å²) in [6.07, 6.45) is 36.3. The highest BCUT2D eigenvalue weighted by Crippen LogP contribution is 2.11. The predicted molar refractivity (Wildman–Crippen MR) is 151 cm³/mol. The SMILES string of the molecule is CCCCC/C=C\C/C=C\C/C=C\CCCCC(=O)O.CCCCCCCCCCCCC(=O)O. The molecule has 0 aromatic carbocycles. The molecule has 0 aromatic rings. The molecular weight excluding hydrogens is 436 g/mol. The Morgan fingerprint density at radius 1 is 0.457 bits per heavy atom. The topological polar surface area (TPSA) is 74.6 Å². The van der Waals surface area contributed by atoms with Crippen LogP contribution in [0.2, 0.25) is 0 Å². The average molecular weight is 493 g/mol. The van der Waals surface area contributed by atoms with Gasteiger partial charge < -0.3 is 10.2 Å². The minimum absolute atomic E-state index is 0.290. The van der Waals surface area contributed by atoms with Gasteiger partial charge in [0.05, 0.1) is 0 Å². The summed E-state index contributed by atoms with van der Waals surface area (Å²) in [5.74, 6) is -1.35. The zero-order valence-electron chi connectivity index (χ0n) is 23.0. The number of unbranched alkanes of at least 4 members (excludes halogenated alkanes) is 14. The molecule has 35 heavy (non-hydrogen) atoms. The third-order valence-corrected chi connectivity index (χ3v) is 5.77. The third kappa shape index (κ3) is 39.7. The minimum atomic E-state index is -0.695. The van der Waals surface area contributed by atoms with E-state index in [1.54, 1.807) is 0 Å². The molecule has 0 heterocycles. The van der Waals surface area contributed by atoms with Crippen LogP contribution in [0.5, 0.6) is 0 Å². The van der Waals surface area contributed by atoms with E-state index in [0.29, 0.717) is 12.8 Å². The summed E-state index contributed by atoms with van der Waals surface area (Å²) in [5, 5.41) is 16.9. The number of carboxylic acid groups (broad SMARTS) is 2. The third-order valence-electron chi connectivity index (χ3n) is 5.77. The first kappa shape index (κ1) is 35.3. The molecule has 0 rings (SSSR count). The van der Waals surface area contributed by atoms with Crippen molar-refractivity contribution in [1.29, 1.82) is 0 Å². The van der Waals surface area contributed by atoms with E-state index < -0.39 is 11.9 Å². The van der Waals surface area contributed by atoms with Gasteiger partial charge in [0.15, 0.2) is 0 Å². The molecule has 2 N–H and O–H groups in total. The average Bonchev–Trinajstić information content (AvgIpc) is 2.83. The fourth-order valence-electron chi connectivity index (χ4n) is 3.59. The van der Waals surface area contributed by atoms with Crippen molar-refractivity contribution >= 4 is 11.9 Å². The highest BCUT2D eigenvalue weighted by atomic mass is 16.4.